The smallest absolute Gasteiger partial charge is 0.416 e. The van der Waals surface area contributed by atoms with Gasteiger partial charge in [-0.15, -0.1) is 0 Å². The van der Waals surface area contributed by atoms with Gasteiger partial charge in [0.2, 0.25) is 0 Å². The minimum absolute atomic E-state index is 0.0862. The van der Waals surface area contributed by atoms with Crippen molar-refractivity contribution >= 4 is 5.97 Å². The summed E-state index contributed by atoms with van der Waals surface area (Å²) in [6.07, 6.45) is 0.410. The van der Waals surface area contributed by atoms with Gasteiger partial charge in [0.25, 0.3) is 0 Å². The fourth-order valence-electron chi connectivity index (χ4n) is 4.42. The lowest BCUT2D eigenvalue weighted by Gasteiger charge is -2.32. The summed E-state index contributed by atoms with van der Waals surface area (Å²) in [5, 5.41) is 3.31. The summed E-state index contributed by atoms with van der Waals surface area (Å²) >= 11 is 0. The molecule has 2 fully saturated rings. The Morgan fingerprint density at radius 3 is 2.19 bits per heavy atom. The maximum absolute atomic E-state index is 13.3. The van der Waals surface area contributed by atoms with E-state index in [9.17, 15) is 18.0 Å². The number of rotatable bonds is 3. The van der Waals surface area contributed by atoms with E-state index in [2.05, 4.69) is 5.32 Å². The summed E-state index contributed by atoms with van der Waals surface area (Å²) in [4.78, 5) is 11.7. The molecule has 0 unspecified atom stereocenters. The molecule has 0 atom stereocenters. The molecule has 0 spiro atoms. The van der Waals surface area contributed by atoms with Crippen molar-refractivity contribution in [1.29, 1.82) is 0 Å². The van der Waals surface area contributed by atoms with Crippen molar-refractivity contribution in [1.82, 2.24) is 5.32 Å². The lowest BCUT2D eigenvalue weighted by Crippen LogP contribution is -2.28. The van der Waals surface area contributed by atoms with Crippen LogP contribution in [0.2, 0.25) is 0 Å². The second kappa shape index (κ2) is 7.99. The number of halogens is 3. The molecule has 3 rings (SSSR count). The van der Waals surface area contributed by atoms with E-state index in [-0.39, 0.29) is 17.8 Å². The number of carbonyl (C=O) groups is 1. The molecule has 1 heterocycles. The zero-order valence-electron chi connectivity index (χ0n) is 15.1. The lowest BCUT2D eigenvalue weighted by molar-refractivity contribution is -0.146. The van der Waals surface area contributed by atoms with Crippen molar-refractivity contribution in [3.8, 4) is 0 Å². The molecule has 1 aliphatic heterocycles. The van der Waals surface area contributed by atoms with E-state index >= 15 is 0 Å². The van der Waals surface area contributed by atoms with Crippen LogP contribution in [0.5, 0.6) is 0 Å². The Labute approximate surface area is 152 Å². The first-order chi connectivity index (χ1) is 12.4. The van der Waals surface area contributed by atoms with Gasteiger partial charge in [-0.2, -0.15) is 13.2 Å². The van der Waals surface area contributed by atoms with Crippen molar-refractivity contribution in [2.45, 2.75) is 56.5 Å². The number of nitrogens with one attached hydrogen (secondary N) is 1. The topological polar surface area (TPSA) is 38.3 Å². The maximum Gasteiger partial charge on any atom is 0.416 e. The molecule has 1 aliphatic carbocycles. The second-order valence-electron chi connectivity index (χ2n) is 7.44. The molecule has 0 bridgehead atoms. The average molecular weight is 369 g/mol. The van der Waals surface area contributed by atoms with Crippen LogP contribution >= 0.6 is 0 Å². The van der Waals surface area contributed by atoms with E-state index in [0.29, 0.717) is 18.8 Å². The number of carbonyl (C=O) groups excluding carboxylic acids is 1. The molecule has 1 saturated carbocycles. The molecular formula is C20H26F3NO2. The van der Waals surface area contributed by atoms with Gasteiger partial charge < -0.3 is 10.1 Å². The van der Waals surface area contributed by atoms with Crippen molar-refractivity contribution < 1.29 is 22.7 Å². The van der Waals surface area contributed by atoms with E-state index in [1.54, 1.807) is 6.07 Å². The Kier molecular flexibility index (Phi) is 5.90. The number of ether oxygens (including phenoxy) is 1. The van der Waals surface area contributed by atoms with Gasteiger partial charge in [0.1, 0.15) is 0 Å². The van der Waals surface area contributed by atoms with E-state index in [1.807, 2.05) is 0 Å². The van der Waals surface area contributed by atoms with Crippen molar-refractivity contribution in [3.05, 3.63) is 34.9 Å². The summed E-state index contributed by atoms with van der Waals surface area (Å²) in [6.45, 7) is 1.81. The molecule has 2 aliphatic rings. The Morgan fingerprint density at radius 2 is 1.62 bits per heavy atom. The normalized spacial score (nSPS) is 25.1. The average Bonchev–Trinajstić information content (AvgIpc) is 2.67. The molecule has 144 valence electrons. The molecule has 0 aromatic heterocycles. The molecule has 1 saturated heterocycles. The van der Waals surface area contributed by atoms with Gasteiger partial charge in [-0.25, -0.2) is 0 Å². The predicted octanol–water partition coefficient (Wildman–Crippen LogP) is 4.62. The Morgan fingerprint density at radius 1 is 1.00 bits per heavy atom. The third-order valence-electron chi connectivity index (χ3n) is 5.89. The van der Waals surface area contributed by atoms with Gasteiger partial charge >= 0.3 is 12.1 Å². The van der Waals surface area contributed by atoms with Gasteiger partial charge in [0, 0.05) is 0 Å². The first kappa shape index (κ1) is 19.2. The highest BCUT2D eigenvalue weighted by atomic mass is 19.4. The second-order valence-corrected chi connectivity index (χ2v) is 7.44. The molecule has 1 N–H and O–H groups in total. The van der Waals surface area contributed by atoms with Crippen LogP contribution in [0.4, 0.5) is 13.2 Å². The standard InChI is InChI=1S/C20H26F3NO2/c1-26-19(25)15-4-2-13(3-5-15)18-12-16(20(21,22)23)6-7-17(18)14-8-10-24-11-9-14/h6-7,12-15,24H,2-5,8-11H2,1H3/t13-,15-. The molecule has 1 aromatic carbocycles. The first-order valence-electron chi connectivity index (χ1n) is 9.39. The number of piperidine rings is 1. The molecular weight excluding hydrogens is 343 g/mol. The van der Waals surface area contributed by atoms with E-state index in [4.69, 9.17) is 4.74 Å². The fourth-order valence-corrected chi connectivity index (χ4v) is 4.42. The highest BCUT2D eigenvalue weighted by molar-refractivity contribution is 5.72. The lowest BCUT2D eigenvalue weighted by atomic mass is 9.74. The Hall–Kier alpha value is -1.56. The highest BCUT2D eigenvalue weighted by Gasteiger charge is 2.34. The van der Waals surface area contributed by atoms with E-state index < -0.39 is 11.7 Å². The van der Waals surface area contributed by atoms with E-state index in [1.165, 1.54) is 19.2 Å². The van der Waals surface area contributed by atoms with Crippen LogP contribution in [0.1, 0.15) is 67.1 Å². The molecule has 26 heavy (non-hydrogen) atoms. The van der Waals surface area contributed by atoms with Gasteiger partial charge in [-0.05, 0) is 86.7 Å². The zero-order chi connectivity index (χ0) is 18.7. The third-order valence-corrected chi connectivity index (χ3v) is 5.89. The predicted molar refractivity (Wildman–Crippen MR) is 93.0 cm³/mol. The number of benzene rings is 1. The zero-order valence-corrected chi connectivity index (χ0v) is 15.1. The third kappa shape index (κ3) is 4.22. The monoisotopic (exact) mass is 369 g/mol. The quantitative estimate of drug-likeness (QED) is 0.790. The summed E-state index contributed by atoms with van der Waals surface area (Å²) in [5.41, 5.74) is 1.34. The van der Waals surface area contributed by atoms with E-state index in [0.717, 1.165) is 49.9 Å². The summed E-state index contributed by atoms with van der Waals surface area (Å²) in [6, 6.07) is 4.28. The van der Waals surface area contributed by atoms with Gasteiger partial charge in [0.15, 0.2) is 0 Å². The first-order valence-corrected chi connectivity index (χ1v) is 9.39. The van der Waals surface area contributed by atoms with Crippen molar-refractivity contribution in [2.24, 2.45) is 5.92 Å². The summed E-state index contributed by atoms with van der Waals surface area (Å²) < 4.78 is 44.6. The van der Waals surface area contributed by atoms with Gasteiger partial charge in [0.05, 0.1) is 18.6 Å². The van der Waals surface area contributed by atoms with Gasteiger partial charge in [-0.1, -0.05) is 6.07 Å². The number of esters is 1. The highest BCUT2D eigenvalue weighted by Crippen LogP contribution is 2.43. The molecule has 0 amide bonds. The molecule has 0 radical (unpaired) electrons. The van der Waals surface area contributed by atoms with Crippen molar-refractivity contribution in [3.63, 3.8) is 0 Å². The Bertz CT molecular complexity index is 630. The number of hydrogen-bond donors (Lipinski definition) is 1. The van der Waals surface area contributed by atoms with Gasteiger partial charge in [-0.3, -0.25) is 4.79 Å². The fraction of sp³-hybridized carbons (Fsp3) is 0.650. The minimum atomic E-state index is -4.33. The maximum atomic E-state index is 13.3. The Balaban J connectivity index is 1.86. The van der Waals surface area contributed by atoms with Crippen LogP contribution in [0.25, 0.3) is 0 Å². The molecule has 1 aromatic rings. The number of hydrogen-bond acceptors (Lipinski definition) is 3. The summed E-state index contributed by atoms with van der Waals surface area (Å²) in [5.74, 6) is 0.0744. The van der Waals surface area contributed by atoms with Crippen LogP contribution in [0, 0.1) is 5.92 Å². The van der Waals surface area contributed by atoms with Crippen LogP contribution in [-0.4, -0.2) is 26.2 Å². The van der Waals surface area contributed by atoms with Crippen LogP contribution in [0.3, 0.4) is 0 Å². The largest absolute Gasteiger partial charge is 0.469 e. The SMILES string of the molecule is COC(=O)[C@H]1CC[C@H](c2cc(C(F)(F)F)ccc2C2CCNCC2)CC1. The van der Waals surface area contributed by atoms with Crippen LogP contribution in [-0.2, 0) is 15.7 Å². The summed E-state index contributed by atoms with van der Waals surface area (Å²) in [7, 11) is 1.39. The van der Waals surface area contributed by atoms with Crippen molar-refractivity contribution in [2.75, 3.05) is 20.2 Å². The minimum Gasteiger partial charge on any atom is -0.469 e. The molecule has 6 heteroatoms. The van der Waals surface area contributed by atoms with Crippen LogP contribution in [0.15, 0.2) is 18.2 Å². The number of methoxy groups -OCH3 is 1. The van der Waals surface area contributed by atoms with Crippen LogP contribution < -0.4 is 5.32 Å². The number of alkyl halides is 3. The molecule has 3 nitrogen and oxygen atoms in total.